The molecule has 0 aliphatic heterocycles. The lowest BCUT2D eigenvalue weighted by molar-refractivity contribution is 0.407. The Kier molecular flexibility index (Phi) is 6.08. The van der Waals surface area contributed by atoms with Crippen molar-refractivity contribution >= 4 is 15.9 Å². The van der Waals surface area contributed by atoms with Gasteiger partial charge >= 0.3 is 0 Å². The van der Waals surface area contributed by atoms with Crippen molar-refractivity contribution in [3.63, 3.8) is 0 Å². The zero-order chi connectivity index (χ0) is 15.1. The van der Waals surface area contributed by atoms with Crippen molar-refractivity contribution < 1.29 is 9.47 Å². The fourth-order valence-corrected chi connectivity index (χ4v) is 2.58. The molecule has 0 spiro atoms. The maximum Gasteiger partial charge on any atom is 0.123 e. The van der Waals surface area contributed by atoms with Crippen LogP contribution in [0.4, 0.5) is 0 Å². The fourth-order valence-electron chi connectivity index (χ4n) is 2.17. The molecule has 2 aromatic carbocycles. The lowest BCUT2D eigenvalue weighted by atomic mass is 10.1. The van der Waals surface area contributed by atoms with Crippen LogP contribution in [-0.4, -0.2) is 20.8 Å². The molecule has 0 amide bonds. The second kappa shape index (κ2) is 8.05. The van der Waals surface area contributed by atoms with Crippen molar-refractivity contribution in [2.24, 2.45) is 0 Å². The Bertz CT molecular complexity index is 587. The Morgan fingerprint density at radius 2 is 1.90 bits per heavy atom. The van der Waals surface area contributed by atoms with E-state index in [-0.39, 0.29) is 0 Å². The van der Waals surface area contributed by atoms with Crippen LogP contribution in [0.1, 0.15) is 11.1 Å². The molecule has 2 aromatic rings. The van der Waals surface area contributed by atoms with Gasteiger partial charge in [-0.25, -0.2) is 0 Å². The summed E-state index contributed by atoms with van der Waals surface area (Å²) < 4.78 is 11.7. The van der Waals surface area contributed by atoms with E-state index in [1.807, 2.05) is 24.3 Å². The minimum absolute atomic E-state index is 0.784. The topological polar surface area (TPSA) is 30.5 Å². The Morgan fingerprint density at radius 3 is 2.67 bits per heavy atom. The average molecular weight is 350 g/mol. The second-order valence-electron chi connectivity index (χ2n) is 4.73. The first-order valence-electron chi connectivity index (χ1n) is 6.89. The highest BCUT2D eigenvalue weighted by Crippen LogP contribution is 2.22. The SMILES string of the molecule is COc1cccc(CCNCc2cc(Br)ccc2OC)c1. The van der Waals surface area contributed by atoms with Crippen LogP contribution < -0.4 is 14.8 Å². The van der Waals surface area contributed by atoms with Gasteiger partial charge in [-0.2, -0.15) is 0 Å². The smallest absolute Gasteiger partial charge is 0.123 e. The zero-order valence-electron chi connectivity index (χ0n) is 12.4. The molecule has 2 rings (SSSR count). The Hall–Kier alpha value is -1.52. The van der Waals surface area contributed by atoms with E-state index in [1.165, 1.54) is 5.56 Å². The summed E-state index contributed by atoms with van der Waals surface area (Å²) >= 11 is 3.49. The van der Waals surface area contributed by atoms with Crippen molar-refractivity contribution in [1.29, 1.82) is 0 Å². The third kappa shape index (κ3) is 4.76. The van der Waals surface area contributed by atoms with E-state index >= 15 is 0 Å². The van der Waals surface area contributed by atoms with Gasteiger partial charge in [0.05, 0.1) is 14.2 Å². The fraction of sp³-hybridized carbons (Fsp3) is 0.294. The monoisotopic (exact) mass is 349 g/mol. The molecule has 0 saturated heterocycles. The van der Waals surface area contributed by atoms with E-state index in [9.17, 15) is 0 Å². The average Bonchev–Trinajstić information content (AvgIpc) is 2.52. The number of hydrogen-bond acceptors (Lipinski definition) is 3. The summed E-state index contributed by atoms with van der Waals surface area (Å²) in [6.07, 6.45) is 0.966. The van der Waals surface area contributed by atoms with Crippen LogP contribution in [0.15, 0.2) is 46.9 Å². The molecule has 1 N–H and O–H groups in total. The van der Waals surface area contributed by atoms with Crippen LogP contribution in [-0.2, 0) is 13.0 Å². The zero-order valence-corrected chi connectivity index (χ0v) is 13.9. The predicted molar refractivity (Wildman–Crippen MR) is 89.1 cm³/mol. The van der Waals surface area contributed by atoms with Gasteiger partial charge in [0.1, 0.15) is 11.5 Å². The molecule has 0 fully saturated rings. The molecule has 0 atom stereocenters. The first kappa shape index (κ1) is 15.9. The quantitative estimate of drug-likeness (QED) is 0.771. The molecule has 3 nitrogen and oxygen atoms in total. The van der Waals surface area contributed by atoms with Crippen molar-refractivity contribution in [3.05, 3.63) is 58.1 Å². The van der Waals surface area contributed by atoms with Crippen LogP contribution in [0.2, 0.25) is 0 Å². The minimum Gasteiger partial charge on any atom is -0.497 e. The first-order chi connectivity index (χ1) is 10.2. The third-order valence-corrected chi connectivity index (χ3v) is 3.78. The lowest BCUT2D eigenvalue weighted by Crippen LogP contribution is -2.17. The number of rotatable bonds is 7. The maximum absolute atomic E-state index is 5.37. The van der Waals surface area contributed by atoms with E-state index in [4.69, 9.17) is 9.47 Å². The van der Waals surface area contributed by atoms with E-state index < -0.39 is 0 Å². The third-order valence-electron chi connectivity index (χ3n) is 3.28. The summed E-state index contributed by atoms with van der Waals surface area (Å²) in [7, 11) is 3.39. The van der Waals surface area contributed by atoms with Gasteiger partial charge in [-0.1, -0.05) is 28.1 Å². The van der Waals surface area contributed by atoms with E-state index in [2.05, 4.69) is 39.4 Å². The standard InChI is InChI=1S/C17H20BrNO2/c1-20-16-5-3-4-13(10-16)8-9-19-12-14-11-15(18)6-7-17(14)21-2/h3-7,10-11,19H,8-9,12H2,1-2H3. The molecule has 0 heterocycles. The number of benzene rings is 2. The van der Waals surface area contributed by atoms with Crippen LogP contribution in [0, 0.1) is 0 Å². The van der Waals surface area contributed by atoms with Gasteiger partial charge in [0.15, 0.2) is 0 Å². The largest absolute Gasteiger partial charge is 0.497 e. The molecule has 0 saturated carbocycles. The van der Waals surface area contributed by atoms with Crippen molar-refractivity contribution in [3.8, 4) is 11.5 Å². The Labute approximate surface area is 134 Å². The molecule has 0 aliphatic rings. The Morgan fingerprint density at radius 1 is 1.05 bits per heavy atom. The number of hydrogen-bond donors (Lipinski definition) is 1. The summed E-state index contributed by atoms with van der Waals surface area (Å²) in [6, 6.07) is 14.2. The molecule has 112 valence electrons. The molecule has 0 aliphatic carbocycles. The maximum atomic E-state index is 5.37. The molecule has 0 bridgehead atoms. The molecular formula is C17H20BrNO2. The number of halogens is 1. The van der Waals surface area contributed by atoms with Crippen molar-refractivity contribution in [2.45, 2.75) is 13.0 Å². The second-order valence-corrected chi connectivity index (χ2v) is 5.65. The van der Waals surface area contributed by atoms with Gasteiger partial charge in [-0.15, -0.1) is 0 Å². The predicted octanol–water partition coefficient (Wildman–Crippen LogP) is 3.80. The number of nitrogens with one attached hydrogen (secondary N) is 1. The normalized spacial score (nSPS) is 10.4. The molecular weight excluding hydrogens is 330 g/mol. The number of methoxy groups -OCH3 is 2. The van der Waals surface area contributed by atoms with Gasteiger partial charge in [0, 0.05) is 16.6 Å². The highest BCUT2D eigenvalue weighted by molar-refractivity contribution is 9.10. The minimum atomic E-state index is 0.784. The summed E-state index contributed by atoms with van der Waals surface area (Å²) in [4.78, 5) is 0. The van der Waals surface area contributed by atoms with Gasteiger partial charge in [0.25, 0.3) is 0 Å². The van der Waals surface area contributed by atoms with Crippen LogP contribution in [0.25, 0.3) is 0 Å². The molecule has 0 radical (unpaired) electrons. The highest BCUT2D eigenvalue weighted by atomic mass is 79.9. The van der Waals surface area contributed by atoms with Gasteiger partial charge < -0.3 is 14.8 Å². The van der Waals surface area contributed by atoms with E-state index in [0.717, 1.165) is 41.0 Å². The molecule has 4 heteroatoms. The summed E-state index contributed by atoms with van der Waals surface area (Å²) in [5.41, 5.74) is 2.42. The molecule has 21 heavy (non-hydrogen) atoms. The van der Waals surface area contributed by atoms with Crippen molar-refractivity contribution in [2.75, 3.05) is 20.8 Å². The van der Waals surface area contributed by atoms with E-state index in [1.54, 1.807) is 14.2 Å². The van der Waals surface area contributed by atoms with Crippen LogP contribution >= 0.6 is 15.9 Å². The van der Waals surface area contributed by atoms with Gasteiger partial charge in [0.2, 0.25) is 0 Å². The number of ether oxygens (including phenoxy) is 2. The highest BCUT2D eigenvalue weighted by Gasteiger charge is 2.03. The molecule has 0 aromatic heterocycles. The van der Waals surface area contributed by atoms with Crippen LogP contribution in [0.3, 0.4) is 0 Å². The van der Waals surface area contributed by atoms with Gasteiger partial charge in [-0.3, -0.25) is 0 Å². The Balaban J connectivity index is 1.85. The van der Waals surface area contributed by atoms with Crippen LogP contribution in [0.5, 0.6) is 11.5 Å². The summed E-state index contributed by atoms with van der Waals surface area (Å²) in [5.74, 6) is 1.81. The van der Waals surface area contributed by atoms with E-state index in [0.29, 0.717) is 0 Å². The summed E-state index contributed by atoms with van der Waals surface area (Å²) in [5, 5.41) is 3.45. The summed E-state index contributed by atoms with van der Waals surface area (Å²) in [6.45, 7) is 1.69. The first-order valence-corrected chi connectivity index (χ1v) is 7.68. The van der Waals surface area contributed by atoms with Crippen molar-refractivity contribution in [1.82, 2.24) is 5.32 Å². The lowest BCUT2D eigenvalue weighted by Gasteiger charge is -2.10. The van der Waals surface area contributed by atoms with Gasteiger partial charge in [-0.05, 0) is 48.9 Å². The molecule has 0 unspecified atom stereocenters.